The molecule has 1 fully saturated rings. The van der Waals surface area contributed by atoms with Gasteiger partial charge in [-0.1, -0.05) is 12.1 Å². The molecule has 4 rings (SSSR count). The molecular formula is C20H23N5O2. The minimum atomic E-state index is -0.127. The largest absolute Gasteiger partial charge is 0.494 e. The third-order valence-electron chi connectivity index (χ3n) is 4.85. The second-order valence-corrected chi connectivity index (χ2v) is 6.60. The van der Waals surface area contributed by atoms with Crippen molar-refractivity contribution in [1.29, 1.82) is 0 Å². The number of aromatic amines is 1. The highest BCUT2D eigenvalue weighted by Crippen LogP contribution is 2.22. The summed E-state index contributed by atoms with van der Waals surface area (Å²) in [6, 6.07) is 10.0. The Morgan fingerprint density at radius 1 is 1.07 bits per heavy atom. The molecule has 140 valence electrons. The summed E-state index contributed by atoms with van der Waals surface area (Å²) in [5, 5.41) is 0.583. The summed E-state index contributed by atoms with van der Waals surface area (Å²) in [4.78, 5) is 28.1. The first-order valence-electron chi connectivity index (χ1n) is 9.26. The number of benzene rings is 1. The first-order chi connectivity index (χ1) is 13.2. The smallest absolute Gasteiger partial charge is 0.258 e. The van der Waals surface area contributed by atoms with E-state index in [-0.39, 0.29) is 5.56 Å². The number of anilines is 1. The number of hydrogen-bond donors (Lipinski definition) is 1. The summed E-state index contributed by atoms with van der Waals surface area (Å²) in [7, 11) is 0. The van der Waals surface area contributed by atoms with E-state index in [9.17, 15) is 4.79 Å². The number of hydrogen-bond acceptors (Lipinski definition) is 6. The average molecular weight is 365 g/mol. The number of nitrogens with zero attached hydrogens (tertiary/aromatic N) is 4. The quantitative estimate of drug-likeness (QED) is 0.746. The average Bonchev–Trinajstić information content (AvgIpc) is 2.70. The van der Waals surface area contributed by atoms with E-state index in [4.69, 9.17) is 4.74 Å². The highest BCUT2D eigenvalue weighted by molar-refractivity contribution is 5.87. The van der Waals surface area contributed by atoms with Crippen LogP contribution in [0.3, 0.4) is 0 Å². The van der Waals surface area contributed by atoms with Crippen LogP contribution in [0.25, 0.3) is 10.9 Å². The van der Waals surface area contributed by atoms with Gasteiger partial charge in [0, 0.05) is 38.9 Å². The summed E-state index contributed by atoms with van der Waals surface area (Å²) in [5.74, 6) is 1.70. The van der Waals surface area contributed by atoms with Crippen molar-refractivity contribution < 1.29 is 4.74 Å². The van der Waals surface area contributed by atoms with Gasteiger partial charge in [0.2, 0.25) is 0 Å². The molecule has 0 bridgehead atoms. The van der Waals surface area contributed by atoms with Gasteiger partial charge in [0.1, 0.15) is 11.3 Å². The van der Waals surface area contributed by atoms with Crippen molar-refractivity contribution in [1.82, 2.24) is 19.9 Å². The summed E-state index contributed by atoms with van der Waals surface area (Å²) < 4.78 is 5.50. The van der Waals surface area contributed by atoms with Gasteiger partial charge in [-0.05, 0) is 30.7 Å². The van der Waals surface area contributed by atoms with E-state index in [1.807, 2.05) is 19.1 Å². The Kier molecular flexibility index (Phi) is 5.02. The van der Waals surface area contributed by atoms with Crippen LogP contribution in [0.15, 0.2) is 47.7 Å². The Hall–Kier alpha value is -2.93. The highest BCUT2D eigenvalue weighted by atomic mass is 16.5. The predicted molar refractivity (Wildman–Crippen MR) is 105 cm³/mol. The number of rotatable bonds is 5. The normalized spacial score (nSPS) is 15.2. The lowest BCUT2D eigenvalue weighted by Gasteiger charge is -2.35. The number of pyridine rings is 1. The number of ether oxygens (including phenoxy) is 1. The van der Waals surface area contributed by atoms with Crippen molar-refractivity contribution in [2.75, 3.05) is 37.7 Å². The molecule has 0 saturated carbocycles. The van der Waals surface area contributed by atoms with Crippen molar-refractivity contribution in [2.45, 2.75) is 13.5 Å². The lowest BCUT2D eigenvalue weighted by atomic mass is 10.2. The molecule has 0 amide bonds. The Morgan fingerprint density at radius 2 is 1.85 bits per heavy atom. The lowest BCUT2D eigenvalue weighted by molar-refractivity contribution is 0.249. The zero-order valence-corrected chi connectivity index (χ0v) is 15.4. The van der Waals surface area contributed by atoms with Crippen LogP contribution >= 0.6 is 0 Å². The Balaban J connectivity index is 1.42. The van der Waals surface area contributed by atoms with E-state index in [0.29, 0.717) is 17.5 Å². The molecule has 0 unspecified atom stereocenters. The van der Waals surface area contributed by atoms with Crippen molar-refractivity contribution in [2.24, 2.45) is 0 Å². The summed E-state index contributed by atoms with van der Waals surface area (Å²) in [6.45, 7) is 7.19. The SMILES string of the molecule is CCOc1ccc(CN2CCN(c3nccc4c(=O)[nH]cnc34)CC2)cc1. The molecule has 27 heavy (non-hydrogen) atoms. The van der Waals surface area contributed by atoms with Crippen LogP contribution in [0.1, 0.15) is 12.5 Å². The van der Waals surface area contributed by atoms with Gasteiger partial charge in [-0.2, -0.15) is 0 Å². The van der Waals surface area contributed by atoms with E-state index < -0.39 is 0 Å². The van der Waals surface area contributed by atoms with Crippen LogP contribution < -0.4 is 15.2 Å². The fraction of sp³-hybridized carbons (Fsp3) is 0.350. The van der Waals surface area contributed by atoms with Crippen LogP contribution in [-0.4, -0.2) is 52.6 Å². The monoisotopic (exact) mass is 365 g/mol. The molecule has 2 aromatic heterocycles. The number of H-pyrrole nitrogens is 1. The third kappa shape index (κ3) is 3.78. The first-order valence-corrected chi connectivity index (χ1v) is 9.26. The molecule has 7 heteroatoms. The highest BCUT2D eigenvalue weighted by Gasteiger charge is 2.20. The van der Waals surface area contributed by atoms with Crippen LogP contribution in [-0.2, 0) is 6.54 Å². The number of nitrogens with one attached hydrogen (secondary N) is 1. The molecule has 0 radical (unpaired) electrons. The van der Waals surface area contributed by atoms with Crippen molar-refractivity contribution in [3.05, 3.63) is 58.8 Å². The summed E-state index contributed by atoms with van der Waals surface area (Å²) in [5.41, 5.74) is 1.82. The molecule has 0 atom stereocenters. The number of fused-ring (bicyclic) bond motifs is 1. The van der Waals surface area contributed by atoms with Crippen LogP contribution in [0.4, 0.5) is 5.82 Å². The second-order valence-electron chi connectivity index (χ2n) is 6.60. The van der Waals surface area contributed by atoms with Crippen molar-refractivity contribution in [3.63, 3.8) is 0 Å². The molecule has 0 spiro atoms. The molecule has 1 saturated heterocycles. The van der Waals surface area contributed by atoms with Crippen LogP contribution in [0.5, 0.6) is 5.75 Å². The lowest BCUT2D eigenvalue weighted by Crippen LogP contribution is -2.46. The molecule has 0 aliphatic carbocycles. The first kappa shape index (κ1) is 17.5. The van der Waals surface area contributed by atoms with E-state index in [0.717, 1.165) is 44.3 Å². The van der Waals surface area contributed by atoms with Gasteiger partial charge >= 0.3 is 0 Å². The standard InChI is InChI=1S/C20H23N5O2/c1-2-27-16-5-3-15(4-6-16)13-24-9-11-25(12-10-24)19-18-17(7-8-21-19)20(26)23-14-22-18/h3-8,14H,2,9-13H2,1H3,(H,22,23,26). The van der Waals surface area contributed by atoms with E-state index >= 15 is 0 Å². The van der Waals surface area contributed by atoms with Gasteiger partial charge < -0.3 is 14.6 Å². The zero-order valence-electron chi connectivity index (χ0n) is 15.4. The fourth-order valence-corrected chi connectivity index (χ4v) is 3.45. The van der Waals surface area contributed by atoms with Crippen molar-refractivity contribution in [3.8, 4) is 5.75 Å². The van der Waals surface area contributed by atoms with Gasteiger partial charge in [0.25, 0.3) is 5.56 Å². The van der Waals surface area contributed by atoms with Gasteiger partial charge in [-0.15, -0.1) is 0 Å². The summed E-state index contributed by atoms with van der Waals surface area (Å²) in [6.07, 6.45) is 3.12. The molecule has 1 aliphatic heterocycles. The Morgan fingerprint density at radius 3 is 2.59 bits per heavy atom. The molecule has 1 N–H and O–H groups in total. The Bertz CT molecular complexity index is 962. The van der Waals surface area contributed by atoms with E-state index in [2.05, 4.69) is 36.9 Å². The second kappa shape index (κ2) is 7.75. The Labute approximate surface area is 157 Å². The van der Waals surface area contributed by atoms with Crippen LogP contribution in [0, 0.1) is 0 Å². The maximum atomic E-state index is 12.0. The van der Waals surface area contributed by atoms with Crippen molar-refractivity contribution >= 4 is 16.7 Å². The number of aromatic nitrogens is 3. The van der Waals surface area contributed by atoms with E-state index in [1.54, 1.807) is 12.3 Å². The molecular weight excluding hydrogens is 342 g/mol. The maximum absolute atomic E-state index is 12.0. The van der Waals surface area contributed by atoms with Gasteiger partial charge in [-0.25, -0.2) is 9.97 Å². The maximum Gasteiger partial charge on any atom is 0.258 e. The van der Waals surface area contributed by atoms with E-state index in [1.165, 1.54) is 11.9 Å². The predicted octanol–water partition coefficient (Wildman–Crippen LogP) is 2.04. The van der Waals surface area contributed by atoms with Crippen LogP contribution in [0.2, 0.25) is 0 Å². The topological polar surface area (TPSA) is 74.3 Å². The number of piperazine rings is 1. The molecule has 1 aromatic carbocycles. The zero-order chi connectivity index (χ0) is 18.6. The van der Waals surface area contributed by atoms with Gasteiger partial charge in [-0.3, -0.25) is 9.69 Å². The minimum absolute atomic E-state index is 0.127. The van der Waals surface area contributed by atoms with Gasteiger partial charge in [0.15, 0.2) is 5.82 Å². The summed E-state index contributed by atoms with van der Waals surface area (Å²) >= 11 is 0. The third-order valence-corrected chi connectivity index (χ3v) is 4.85. The van der Waals surface area contributed by atoms with Gasteiger partial charge in [0.05, 0.1) is 18.3 Å². The molecule has 3 aromatic rings. The molecule has 1 aliphatic rings. The minimum Gasteiger partial charge on any atom is -0.494 e. The molecule has 3 heterocycles. The fourth-order valence-electron chi connectivity index (χ4n) is 3.45. The molecule has 7 nitrogen and oxygen atoms in total.